The van der Waals surface area contributed by atoms with Gasteiger partial charge in [0.1, 0.15) is 9.88 Å². The fourth-order valence-corrected chi connectivity index (χ4v) is 4.99. The van der Waals surface area contributed by atoms with Crippen molar-refractivity contribution in [2.45, 2.75) is 26.8 Å². The number of hydrogen-bond acceptors (Lipinski definition) is 6. The van der Waals surface area contributed by atoms with Crippen LogP contribution in [0.25, 0.3) is 10.6 Å². The Hall–Kier alpha value is -3.65. The van der Waals surface area contributed by atoms with Crippen LogP contribution in [0.2, 0.25) is 0 Å². The zero-order valence-corrected chi connectivity index (χ0v) is 20.1. The average Bonchev–Trinajstić information content (AvgIpc) is 3.20. The minimum absolute atomic E-state index is 0.170. The normalized spacial score (nSPS) is 11.9. The van der Waals surface area contributed by atoms with Crippen molar-refractivity contribution in [3.8, 4) is 10.6 Å². The van der Waals surface area contributed by atoms with Gasteiger partial charge in [-0.25, -0.2) is 9.67 Å². The molecule has 0 saturated carbocycles. The molecule has 0 spiro atoms. The third kappa shape index (κ3) is 4.21. The van der Waals surface area contributed by atoms with Crippen molar-refractivity contribution in [1.82, 2.24) is 24.6 Å². The van der Waals surface area contributed by atoms with Gasteiger partial charge in [-0.3, -0.25) is 14.6 Å². The molecule has 0 aliphatic rings. The van der Waals surface area contributed by atoms with E-state index in [9.17, 15) is 9.59 Å². The monoisotopic (exact) mass is 459 g/mol. The Bertz CT molecular complexity index is 1320. The maximum Gasteiger partial charge on any atom is 0.277 e. The number of hydrogen-bond donors (Lipinski definition) is 0. The van der Waals surface area contributed by atoms with Gasteiger partial charge in [-0.15, -0.1) is 11.3 Å². The van der Waals surface area contributed by atoms with E-state index in [1.165, 1.54) is 16.0 Å². The zero-order valence-electron chi connectivity index (χ0n) is 19.2. The Labute approximate surface area is 196 Å². The predicted octanol–water partition coefficient (Wildman–Crippen LogP) is 4.09. The van der Waals surface area contributed by atoms with Crippen LogP contribution in [0.1, 0.15) is 43.9 Å². The SMILES string of the molecule is Cc1nc(-c2c(C)c(C)nn(C)c2=O)sc1C(=O)N(C)C(c1ccccc1)c1ccccn1. The van der Waals surface area contributed by atoms with E-state index in [-0.39, 0.29) is 17.5 Å². The molecule has 3 heterocycles. The molecule has 1 aromatic carbocycles. The summed E-state index contributed by atoms with van der Waals surface area (Å²) in [6.45, 7) is 5.51. The molecule has 0 aliphatic carbocycles. The Morgan fingerprint density at radius 3 is 2.39 bits per heavy atom. The van der Waals surface area contributed by atoms with Crippen LogP contribution in [-0.4, -0.2) is 37.6 Å². The number of carbonyl (C=O) groups excluding carboxylic acids is 1. The number of amides is 1. The van der Waals surface area contributed by atoms with Gasteiger partial charge in [0.2, 0.25) is 0 Å². The number of thiazole rings is 1. The van der Waals surface area contributed by atoms with Gasteiger partial charge >= 0.3 is 0 Å². The summed E-state index contributed by atoms with van der Waals surface area (Å²) >= 11 is 1.24. The van der Waals surface area contributed by atoms with Gasteiger partial charge in [0, 0.05) is 20.3 Å². The lowest BCUT2D eigenvalue weighted by atomic mass is 10.0. The van der Waals surface area contributed by atoms with Gasteiger partial charge < -0.3 is 4.90 Å². The molecule has 8 heteroatoms. The van der Waals surface area contributed by atoms with E-state index >= 15 is 0 Å². The van der Waals surface area contributed by atoms with E-state index in [1.807, 2.05) is 62.4 Å². The number of rotatable bonds is 5. The maximum absolute atomic E-state index is 13.7. The molecule has 0 saturated heterocycles. The standard InChI is InChI=1S/C25H25N5O2S/c1-15-16(2)28-30(5)24(31)20(15)23-27-17(3)22(33-23)25(32)29(4)21(18-11-7-6-8-12-18)19-13-9-10-14-26-19/h6-14,21H,1-5H3. The first-order valence-corrected chi connectivity index (χ1v) is 11.4. The van der Waals surface area contributed by atoms with E-state index < -0.39 is 0 Å². The van der Waals surface area contributed by atoms with E-state index in [2.05, 4.69) is 15.1 Å². The molecule has 0 fully saturated rings. The van der Waals surface area contributed by atoms with E-state index in [0.29, 0.717) is 21.1 Å². The van der Waals surface area contributed by atoms with Gasteiger partial charge in [0.05, 0.1) is 28.7 Å². The fraction of sp³-hybridized carbons (Fsp3) is 0.240. The van der Waals surface area contributed by atoms with Crippen LogP contribution in [0.3, 0.4) is 0 Å². The second-order valence-corrected chi connectivity index (χ2v) is 8.93. The first-order valence-electron chi connectivity index (χ1n) is 10.5. The highest BCUT2D eigenvalue weighted by Crippen LogP contribution is 2.32. The molecular formula is C25H25N5O2S. The number of carbonyl (C=O) groups is 1. The molecule has 3 aromatic heterocycles. The molecule has 4 rings (SSSR count). The molecule has 0 aliphatic heterocycles. The fourth-order valence-electron chi connectivity index (χ4n) is 3.85. The van der Waals surface area contributed by atoms with Gasteiger partial charge in [-0.05, 0) is 44.0 Å². The van der Waals surface area contributed by atoms with Crippen LogP contribution in [0.15, 0.2) is 59.5 Å². The quantitative estimate of drug-likeness (QED) is 0.449. The minimum atomic E-state index is -0.359. The molecule has 7 nitrogen and oxygen atoms in total. The molecule has 0 bridgehead atoms. The van der Waals surface area contributed by atoms with E-state index in [4.69, 9.17) is 0 Å². The van der Waals surface area contributed by atoms with Crippen molar-refractivity contribution >= 4 is 17.2 Å². The molecule has 1 atom stereocenters. The molecule has 1 unspecified atom stereocenters. The molecule has 4 aromatic rings. The summed E-state index contributed by atoms with van der Waals surface area (Å²) < 4.78 is 1.31. The summed E-state index contributed by atoms with van der Waals surface area (Å²) in [5, 5.41) is 4.77. The van der Waals surface area contributed by atoms with Crippen LogP contribution >= 0.6 is 11.3 Å². The lowest BCUT2D eigenvalue weighted by Crippen LogP contribution is -2.32. The summed E-state index contributed by atoms with van der Waals surface area (Å²) in [6, 6.07) is 15.1. The zero-order chi connectivity index (χ0) is 23.7. The minimum Gasteiger partial charge on any atom is -0.328 e. The lowest BCUT2D eigenvalue weighted by Gasteiger charge is -2.28. The highest BCUT2D eigenvalue weighted by molar-refractivity contribution is 7.17. The molecule has 0 N–H and O–H groups in total. The van der Waals surface area contributed by atoms with Crippen molar-refractivity contribution in [3.63, 3.8) is 0 Å². The van der Waals surface area contributed by atoms with E-state index in [0.717, 1.165) is 22.5 Å². The maximum atomic E-state index is 13.7. The Morgan fingerprint density at radius 2 is 1.73 bits per heavy atom. The highest BCUT2D eigenvalue weighted by Gasteiger charge is 2.29. The number of aromatic nitrogens is 4. The van der Waals surface area contributed by atoms with Crippen LogP contribution in [-0.2, 0) is 7.05 Å². The smallest absolute Gasteiger partial charge is 0.277 e. The molecule has 0 radical (unpaired) electrons. The molecule has 1 amide bonds. The number of aryl methyl sites for hydroxylation is 3. The summed E-state index contributed by atoms with van der Waals surface area (Å²) in [7, 11) is 3.39. The first kappa shape index (κ1) is 22.5. The third-order valence-electron chi connectivity index (χ3n) is 5.72. The van der Waals surface area contributed by atoms with Gasteiger partial charge in [-0.2, -0.15) is 5.10 Å². The summed E-state index contributed by atoms with van der Waals surface area (Å²) in [6.07, 6.45) is 1.73. The van der Waals surface area contributed by atoms with Crippen LogP contribution < -0.4 is 5.56 Å². The molecule has 168 valence electrons. The van der Waals surface area contributed by atoms with Crippen molar-refractivity contribution in [1.29, 1.82) is 0 Å². The number of pyridine rings is 1. The topological polar surface area (TPSA) is 81.0 Å². The predicted molar refractivity (Wildman–Crippen MR) is 129 cm³/mol. The Kier molecular flexibility index (Phi) is 6.20. The third-order valence-corrected chi connectivity index (χ3v) is 6.88. The summed E-state index contributed by atoms with van der Waals surface area (Å²) in [5.74, 6) is -0.170. The summed E-state index contributed by atoms with van der Waals surface area (Å²) in [4.78, 5) is 37.8. The highest BCUT2D eigenvalue weighted by atomic mass is 32.1. The van der Waals surface area contributed by atoms with Crippen molar-refractivity contribution in [2.75, 3.05) is 7.05 Å². The van der Waals surface area contributed by atoms with Crippen molar-refractivity contribution in [2.24, 2.45) is 7.05 Å². The average molecular weight is 460 g/mol. The van der Waals surface area contributed by atoms with Gasteiger partial charge in [0.25, 0.3) is 11.5 Å². The van der Waals surface area contributed by atoms with Crippen molar-refractivity contribution < 1.29 is 4.79 Å². The summed E-state index contributed by atoms with van der Waals surface area (Å²) in [5.41, 5.74) is 4.12. The van der Waals surface area contributed by atoms with E-state index in [1.54, 1.807) is 32.1 Å². The number of nitrogens with zero attached hydrogens (tertiary/aromatic N) is 5. The second kappa shape index (κ2) is 9.07. The van der Waals surface area contributed by atoms with Crippen LogP contribution in [0, 0.1) is 20.8 Å². The Morgan fingerprint density at radius 1 is 1.03 bits per heavy atom. The number of benzene rings is 1. The molecule has 33 heavy (non-hydrogen) atoms. The lowest BCUT2D eigenvalue weighted by molar-refractivity contribution is 0.0756. The van der Waals surface area contributed by atoms with Gasteiger partial charge in [-0.1, -0.05) is 36.4 Å². The first-order chi connectivity index (χ1) is 15.8. The second-order valence-electron chi connectivity index (χ2n) is 7.93. The van der Waals surface area contributed by atoms with Crippen LogP contribution in [0.4, 0.5) is 0 Å². The van der Waals surface area contributed by atoms with Crippen molar-refractivity contribution in [3.05, 3.63) is 98.2 Å². The largest absolute Gasteiger partial charge is 0.328 e. The molecular weight excluding hydrogens is 434 g/mol. The van der Waals surface area contributed by atoms with Crippen LogP contribution in [0.5, 0.6) is 0 Å². The van der Waals surface area contributed by atoms with Gasteiger partial charge in [0.15, 0.2) is 0 Å². The Balaban J connectivity index is 1.77.